The molecule has 4 aromatic rings. The maximum absolute atomic E-state index is 15.4. The predicted molar refractivity (Wildman–Crippen MR) is 199 cm³/mol. The zero-order valence-corrected chi connectivity index (χ0v) is 30.7. The Morgan fingerprint density at radius 1 is 0.811 bits per heavy atom. The molecule has 0 radical (unpaired) electrons. The van der Waals surface area contributed by atoms with Crippen LogP contribution in [0.3, 0.4) is 0 Å². The molecule has 6 unspecified atom stereocenters. The topological polar surface area (TPSA) is 125 Å². The Balaban J connectivity index is 1.35. The van der Waals surface area contributed by atoms with Gasteiger partial charge in [0.15, 0.2) is 11.5 Å². The molecule has 13 heteroatoms. The van der Waals surface area contributed by atoms with Crippen LogP contribution < -0.4 is 19.8 Å². The van der Waals surface area contributed by atoms with Gasteiger partial charge in [0.05, 0.1) is 53.8 Å². The Morgan fingerprint density at radius 2 is 1.53 bits per heavy atom. The number of phenolic OH excluding ortho intramolecular Hbond substituents is 1. The quantitative estimate of drug-likeness (QED) is 0.146. The molecule has 8 rings (SSSR count). The van der Waals surface area contributed by atoms with Crippen LogP contribution in [0.4, 0.5) is 11.4 Å². The second-order valence-electron chi connectivity index (χ2n) is 13.6. The number of rotatable bonds is 7. The molecule has 6 atom stereocenters. The number of phenols is 1. The zero-order chi connectivity index (χ0) is 37.3. The molecule has 2 aliphatic heterocycles. The van der Waals surface area contributed by atoms with Gasteiger partial charge in [0.1, 0.15) is 5.75 Å². The van der Waals surface area contributed by atoms with Crippen LogP contribution in [0.25, 0.3) is 0 Å². The first kappa shape index (κ1) is 35.0. The number of aromatic hydroxyl groups is 1. The maximum atomic E-state index is 15.4. The Bertz CT molecular complexity index is 2230. The minimum Gasteiger partial charge on any atom is -0.504 e. The summed E-state index contributed by atoms with van der Waals surface area (Å²) >= 11 is 18.8. The van der Waals surface area contributed by atoms with E-state index in [0.29, 0.717) is 38.2 Å². The highest BCUT2D eigenvalue weighted by Gasteiger charge is 2.70. The summed E-state index contributed by atoms with van der Waals surface area (Å²) < 4.78 is 11.0. The van der Waals surface area contributed by atoms with Gasteiger partial charge in [0.25, 0.3) is 11.8 Å². The van der Waals surface area contributed by atoms with Crippen molar-refractivity contribution in [3.05, 3.63) is 123 Å². The van der Waals surface area contributed by atoms with Gasteiger partial charge in [-0.2, -0.15) is 5.01 Å². The van der Waals surface area contributed by atoms with Crippen molar-refractivity contribution < 1.29 is 33.8 Å². The summed E-state index contributed by atoms with van der Waals surface area (Å²) in [6.45, 7) is 0. The van der Waals surface area contributed by atoms with E-state index < -0.39 is 52.7 Å². The summed E-state index contributed by atoms with van der Waals surface area (Å²) in [5.74, 6) is -5.63. The number of hydrogen-bond acceptors (Lipinski definition) is 8. The van der Waals surface area contributed by atoms with Gasteiger partial charge in [-0.1, -0.05) is 70.7 Å². The van der Waals surface area contributed by atoms with Gasteiger partial charge in [-0.15, -0.1) is 0 Å². The third-order valence-corrected chi connectivity index (χ3v) is 12.0. The summed E-state index contributed by atoms with van der Waals surface area (Å²) in [5.41, 5.74) is 3.50. The number of ether oxygens (including phenoxy) is 2. The van der Waals surface area contributed by atoms with E-state index in [4.69, 9.17) is 44.3 Å². The highest BCUT2D eigenvalue weighted by molar-refractivity contribution is 6.36. The number of anilines is 2. The average molecular weight is 773 g/mol. The third kappa shape index (κ3) is 5.21. The molecule has 10 nitrogen and oxygen atoms in total. The zero-order valence-electron chi connectivity index (χ0n) is 28.4. The average Bonchev–Trinajstić information content (AvgIpc) is 3.54. The Kier molecular flexibility index (Phi) is 8.67. The SMILES string of the molecule is COc1ccc(C23C(=O)N(Nc4ccc(Cl)cc4Cl)C(=O)C2CC2C(=CCC4C(=O)N(c5ccc(Cl)cc5)C(=O)C42)C3c2cccc(OC)c2O)cc1. The van der Waals surface area contributed by atoms with Crippen molar-refractivity contribution in [1.29, 1.82) is 0 Å². The molecule has 3 fully saturated rings. The maximum Gasteiger partial charge on any atom is 0.260 e. The van der Waals surface area contributed by atoms with Crippen molar-refractivity contribution >= 4 is 69.8 Å². The molecule has 53 heavy (non-hydrogen) atoms. The lowest BCUT2D eigenvalue weighted by Gasteiger charge is -2.50. The molecular weight excluding hydrogens is 741 g/mol. The molecule has 4 amide bonds. The van der Waals surface area contributed by atoms with E-state index in [-0.39, 0.29) is 41.0 Å². The van der Waals surface area contributed by atoms with Gasteiger partial charge in [-0.3, -0.25) is 29.5 Å². The second kappa shape index (κ2) is 13.1. The van der Waals surface area contributed by atoms with E-state index in [1.165, 1.54) is 25.2 Å². The number of carbonyl (C=O) groups is 4. The number of nitrogens with one attached hydrogen (secondary N) is 1. The first-order valence-electron chi connectivity index (χ1n) is 16.9. The van der Waals surface area contributed by atoms with Crippen LogP contribution in [0.5, 0.6) is 17.2 Å². The molecule has 2 aliphatic carbocycles. The monoisotopic (exact) mass is 771 g/mol. The largest absolute Gasteiger partial charge is 0.504 e. The minimum atomic E-state index is -1.64. The third-order valence-electron chi connectivity index (χ3n) is 11.2. The molecule has 4 aliphatic rings. The first-order chi connectivity index (χ1) is 25.5. The van der Waals surface area contributed by atoms with E-state index in [1.807, 2.05) is 6.08 Å². The molecule has 0 bridgehead atoms. The molecule has 270 valence electrons. The van der Waals surface area contributed by atoms with Gasteiger partial charge in [0.2, 0.25) is 11.8 Å². The number of allylic oxidation sites excluding steroid dienone is 2. The highest BCUT2D eigenvalue weighted by atomic mass is 35.5. The number of halogens is 3. The Hall–Kier alpha value is -5.03. The van der Waals surface area contributed by atoms with Gasteiger partial charge in [0, 0.05) is 21.5 Å². The molecule has 2 N–H and O–H groups in total. The molecule has 0 spiro atoms. The van der Waals surface area contributed by atoms with Crippen LogP contribution in [-0.2, 0) is 24.6 Å². The molecular formula is C40H32Cl3N3O7. The normalized spacial score (nSPS) is 26.2. The van der Waals surface area contributed by atoms with Crippen LogP contribution in [0.1, 0.15) is 29.9 Å². The van der Waals surface area contributed by atoms with Gasteiger partial charge >= 0.3 is 0 Å². The second-order valence-corrected chi connectivity index (χ2v) is 14.9. The number of imide groups is 2. The van der Waals surface area contributed by atoms with Gasteiger partial charge in [-0.25, -0.2) is 0 Å². The van der Waals surface area contributed by atoms with Gasteiger partial charge in [-0.05, 0) is 85.0 Å². The Labute approximate surface area is 319 Å². The lowest BCUT2D eigenvalue weighted by Crippen LogP contribution is -2.53. The highest BCUT2D eigenvalue weighted by Crippen LogP contribution is 2.65. The lowest BCUT2D eigenvalue weighted by atomic mass is 9.49. The number of fused-ring (bicyclic) bond motifs is 4. The van der Waals surface area contributed by atoms with Crippen molar-refractivity contribution in [2.45, 2.75) is 24.2 Å². The summed E-state index contributed by atoms with van der Waals surface area (Å²) in [6.07, 6.45) is 2.18. The van der Waals surface area contributed by atoms with Crippen LogP contribution >= 0.6 is 34.8 Å². The van der Waals surface area contributed by atoms with E-state index in [2.05, 4.69) is 5.43 Å². The van der Waals surface area contributed by atoms with Crippen LogP contribution in [0, 0.1) is 23.7 Å². The van der Waals surface area contributed by atoms with Crippen LogP contribution in [0.15, 0.2) is 96.6 Å². The summed E-state index contributed by atoms with van der Waals surface area (Å²) in [7, 11) is 2.95. The summed E-state index contributed by atoms with van der Waals surface area (Å²) in [5, 5.41) is 13.8. The molecule has 1 saturated carbocycles. The molecule has 2 heterocycles. The van der Waals surface area contributed by atoms with E-state index in [1.54, 1.807) is 78.9 Å². The standard InChI is InChI=1S/C40H32Cl3N3O7/c1-52-24-13-6-20(7-14-24)40-29(37(49)46(39(40)51)44-31-17-10-22(42)18-30(31)43)19-28-25(34(40)27-4-3-5-32(53-2)35(27)47)15-16-26-33(28)38(50)45(36(26)48)23-11-8-21(41)9-12-23/h3-15,17-18,26,28-29,33-34,44,47H,16,19H2,1-2H3. The fourth-order valence-corrected chi connectivity index (χ4v) is 9.55. The number of benzene rings is 4. The van der Waals surface area contributed by atoms with E-state index >= 15 is 4.79 Å². The fourth-order valence-electron chi connectivity index (χ4n) is 8.97. The number of methoxy groups -OCH3 is 2. The van der Waals surface area contributed by atoms with Crippen molar-refractivity contribution in [1.82, 2.24) is 5.01 Å². The lowest BCUT2D eigenvalue weighted by molar-refractivity contribution is -0.138. The number of para-hydroxylation sites is 1. The number of hydrogen-bond donors (Lipinski definition) is 2. The minimum absolute atomic E-state index is 0.0604. The smallest absolute Gasteiger partial charge is 0.260 e. The van der Waals surface area contributed by atoms with E-state index in [0.717, 1.165) is 5.01 Å². The van der Waals surface area contributed by atoms with Crippen LogP contribution in [-0.4, -0.2) is 48.0 Å². The molecule has 4 aromatic carbocycles. The number of nitrogens with zero attached hydrogens (tertiary/aromatic N) is 2. The van der Waals surface area contributed by atoms with Gasteiger partial charge < -0.3 is 14.6 Å². The van der Waals surface area contributed by atoms with E-state index in [9.17, 15) is 19.5 Å². The Morgan fingerprint density at radius 3 is 2.21 bits per heavy atom. The van der Waals surface area contributed by atoms with Crippen molar-refractivity contribution in [2.75, 3.05) is 24.5 Å². The molecule has 2 saturated heterocycles. The van der Waals surface area contributed by atoms with Crippen molar-refractivity contribution in [2.24, 2.45) is 23.7 Å². The van der Waals surface area contributed by atoms with Crippen LogP contribution in [0.2, 0.25) is 15.1 Å². The fraction of sp³-hybridized carbons (Fsp3) is 0.250. The summed E-state index contributed by atoms with van der Waals surface area (Å²) in [4.78, 5) is 60.0. The summed E-state index contributed by atoms with van der Waals surface area (Å²) in [6, 6.07) is 23.1. The number of amides is 4. The number of hydrazine groups is 1. The predicted octanol–water partition coefficient (Wildman–Crippen LogP) is 7.56. The number of carbonyl (C=O) groups excluding carboxylic acids is 4. The van der Waals surface area contributed by atoms with Crippen molar-refractivity contribution in [3.63, 3.8) is 0 Å². The van der Waals surface area contributed by atoms with Crippen molar-refractivity contribution in [3.8, 4) is 17.2 Å². The first-order valence-corrected chi connectivity index (χ1v) is 18.1. The molecule has 0 aromatic heterocycles.